The Hall–Kier alpha value is -1.88. The van der Waals surface area contributed by atoms with Crippen LogP contribution in [0, 0.1) is 5.41 Å². The largest absolute Gasteiger partial charge is 0.506 e. The zero-order chi connectivity index (χ0) is 13.0. The van der Waals surface area contributed by atoms with Crippen LogP contribution in [0.5, 0.6) is 5.75 Å². The van der Waals surface area contributed by atoms with Crippen molar-refractivity contribution in [3.8, 4) is 5.75 Å². The van der Waals surface area contributed by atoms with E-state index < -0.39 is 0 Å². The van der Waals surface area contributed by atoms with E-state index in [9.17, 15) is 9.90 Å². The van der Waals surface area contributed by atoms with Gasteiger partial charge in [0.25, 0.3) is 0 Å². The standard InChI is InChI=1S/C13H16N2O3/c16-9-13(3-4-13)8-15-12(18)2-1-10-5-11(17)7-14-6-10/h1-2,5-7,16-17H,3-4,8-9H2,(H,15,18)/b2-1+. The minimum atomic E-state index is -0.210. The summed E-state index contributed by atoms with van der Waals surface area (Å²) in [7, 11) is 0. The normalized spacial score (nSPS) is 16.7. The number of pyridine rings is 1. The van der Waals surface area contributed by atoms with Crippen LogP contribution in [-0.2, 0) is 4.79 Å². The van der Waals surface area contributed by atoms with Gasteiger partial charge in [-0.1, -0.05) is 0 Å². The molecule has 2 rings (SSSR count). The molecule has 1 heterocycles. The number of nitrogens with zero attached hydrogens (tertiary/aromatic N) is 1. The number of rotatable bonds is 5. The fourth-order valence-electron chi connectivity index (χ4n) is 1.61. The zero-order valence-electron chi connectivity index (χ0n) is 9.97. The van der Waals surface area contributed by atoms with Gasteiger partial charge in [0, 0.05) is 24.2 Å². The molecule has 1 aliphatic rings. The van der Waals surface area contributed by atoms with E-state index >= 15 is 0 Å². The van der Waals surface area contributed by atoms with Gasteiger partial charge in [0.1, 0.15) is 5.75 Å². The molecule has 18 heavy (non-hydrogen) atoms. The smallest absolute Gasteiger partial charge is 0.244 e. The summed E-state index contributed by atoms with van der Waals surface area (Å²) < 4.78 is 0. The Bertz CT molecular complexity index is 467. The first kappa shape index (κ1) is 12.6. The lowest BCUT2D eigenvalue weighted by atomic mass is 10.1. The van der Waals surface area contributed by atoms with Gasteiger partial charge in [-0.3, -0.25) is 9.78 Å². The van der Waals surface area contributed by atoms with Crippen molar-refractivity contribution in [2.45, 2.75) is 12.8 Å². The van der Waals surface area contributed by atoms with Crippen molar-refractivity contribution in [3.05, 3.63) is 30.1 Å². The Kier molecular flexibility index (Phi) is 3.62. The Labute approximate surface area is 105 Å². The van der Waals surface area contributed by atoms with Crippen molar-refractivity contribution >= 4 is 12.0 Å². The highest BCUT2D eigenvalue weighted by Crippen LogP contribution is 2.44. The van der Waals surface area contributed by atoms with Gasteiger partial charge in [-0.25, -0.2) is 0 Å². The highest BCUT2D eigenvalue weighted by Gasteiger charge is 2.41. The summed E-state index contributed by atoms with van der Waals surface area (Å²) in [6, 6.07) is 1.52. The van der Waals surface area contributed by atoms with E-state index in [1.807, 2.05) is 0 Å². The van der Waals surface area contributed by atoms with E-state index in [0.29, 0.717) is 12.1 Å². The van der Waals surface area contributed by atoms with Crippen molar-refractivity contribution in [2.24, 2.45) is 5.41 Å². The molecular weight excluding hydrogens is 232 g/mol. The first-order valence-corrected chi connectivity index (χ1v) is 5.84. The molecule has 96 valence electrons. The number of carbonyl (C=O) groups is 1. The van der Waals surface area contributed by atoms with E-state index in [1.54, 1.807) is 12.3 Å². The summed E-state index contributed by atoms with van der Waals surface area (Å²) in [4.78, 5) is 15.3. The van der Waals surface area contributed by atoms with E-state index in [1.165, 1.54) is 18.3 Å². The fourth-order valence-corrected chi connectivity index (χ4v) is 1.61. The van der Waals surface area contributed by atoms with Gasteiger partial charge in [-0.2, -0.15) is 0 Å². The number of amides is 1. The lowest BCUT2D eigenvalue weighted by Crippen LogP contribution is -2.30. The molecule has 1 aromatic heterocycles. The summed E-state index contributed by atoms with van der Waals surface area (Å²) in [6.07, 6.45) is 7.79. The number of aromatic nitrogens is 1. The molecule has 0 aromatic carbocycles. The molecule has 0 aliphatic heterocycles. The maximum atomic E-state index is 11.5. The molecule has 1 aliphatic carbocycles. The third-order valence-electron chi connectivity index (χ3n) is 3.10. The highest BCUT2D eigenvalue weighted by atomic mass is 16.3. The maximum Gasteiger partial charge on any atom is 0.244 e. The van der Waals surface area contributed by atoms with Gasteiger partial charge in [0.2, 0.25) is 5.91 Å². The Morgan fingerprint density at radius 3 is 2.89 bits per heavy atom. The van der Waals surface area contributed by atoms with Crippen molar-refractivity contribution in [3.63, 3.8) is 0 Å². The number of nitrogens with one attached hydrogen (secondary N) is 1. The summed E-state index contributed by atoms with van der Waals surface area (Å²) in [5.41, 5.74) is 0.573. The predicted octanol–water partition coefficient (Wildman–Crippen LogP) is 0.689. The molecule has 3 N–H and O–H groups in total. The highest BCUT2D eigenvalue weighted by molar-refractivity contribution is 5.91. The molecule has 0 unspecified atom stereocenters. The van der Waals surface area contributed by atoms with Crippen LogP contribution >= 0.6 is 0 Å². The first-order chi connectivity index (χ1) is 8.63. The number of aromatic hydroxyl groups is 1. The summed E-state index contributed by atoms with van der Waals surface area (Å²) in [6.45, 7) is 0.623. The third kappa shape index (κ3) is 3.30. The van der Waals surface area contributed by atoms with Crippen LogP contribution in [0.1, 0.15) is 18.4 Å². The second-order valence-corrected chi connectivity index (χ2v) is 4.69. The lowest BCUT2D eigenvalue weighted by molar-refractivity contribution is -0.116. The van der Waals surface area contributed by atoms with Crippen molar-refractivity contribution in [1.29, 1.82) is 0 Å². The monoisotopic (exact) mass is 248 g/mol. The van der Waals surface area contributed by atoms with Crippen LogP contribution < -0.4 is 5.32 Å². The Balaban J connectivity index is 1.83. The van der Waals surface area contributed by atoms with Gasteiger partial charge < -0.3 is 15.5 Å². The minimum absolute atomic E-state index is 0.0646. The van der Waals surface area contributed by atoms with Crippen LogP contribution in [0.25, 0.3) is 6.08 Å². The molecule has 1 saturated carbocycles. The molecule has 0 atom stereocenters. The molecule has 5 heteroatoms. The van der Waals surface area contributed by atoms with Gasteiger partial charge in [-0.05, 0) is 30.5 Å². The fraction of sp³-hybridized carbons (Fsp3) is 0.385. The quantitative estimate of drug-likeness (QED) is 0.669. The number of aliphatic hydroxyl groups is 1. The van der Waals surface area contributed by atoms with E-state index in [-0.39, 0.29) is 23.7 Å². The molecule has 5 nitrogen and oxygen atoms in total. The zero-order valence-corrected chi connectivity index (χ0v) is 9.97. The van der Waals surface area contributed by atoms with Gasteiger partial charge >= 0.3 is 0 Å². The summed E-state index contributed by atoms with van der Waals surface area (Å²) >= 11 is 0. The SMILES string of the molecule is O=C(/C=C/c1cncc(O)c1)NCC1(CO)CC1. The number of carbonyl (C=O) groups excluding carboxylic acids is 1. The van der Waals surface area contributed by atoms with Crippen molar-refractivity contribution < 1.29 is 15.0 Å². The number of hydrogen-bond acceptors (Lipinski definition) is 4. The molecular formula is C13H16N2O3. The Morgan fingerprint density at radius 2 is 2.28 bits per heavy atom. The van der Waals surface area contributed by atoms with Crippen molar-refractivity contribution in [2.75, 3.05) is 13.2 Å². The molecule has 0 saturated heterocycles. The van der Waals surface area contributed by atoms with Crippen LogP contribution in [0.3, 0.4) is 0 Å². The summed E-state index contributed by atoms with van der Waals surface area (Å²) in [5.74, 6) is -0.146. The second-order valence-electron chi connectivity index (χ2n) is 4.69. The number of hydrogen-bond donors (Lipinski definition) is 3. The van der Waals surface area contributed by atoms with Crippen molar-refractivity contribution in [1.82, 2.24) is 10.3 Å². The number of aliphatic hydroxyl groups excluding tert-OH is 1. The van der Waals surface area contributed by atoms with Gasteiger partial charge in [-0.15, -0.1) is 0 Å². The van der Waals surface area contributed by atoms with Crippen LogP contribution in [-0.4, -0.2) is 34.3 Å². The maximum absolute atomic E-state index is 11.5. The van der Waals surface area contributed by atoms with E-state index in [4.69, 9.17) is 5.11 Å². The first-order valence-electron chi connectivity index (χ1n) is 5.84. The average Bonchev–Trinajstić information content (AvgIpc) is 3.15. The molecule has 0 bridgehead atoms. The average molecular weight is 248 g/mol. The van der Waals surface area contributed by atoms with Gasteiger partial charge in [0.15, 0.2) is 0 Å². The van der Waals surface area contributed by atoms with Crippen LogP contribution in [0.4, 0.5) is 0 Å². The molecule has 1 amide bonds. The van der Waals surface area contributed by atoms with Crippen LogP contribution in [0.2, 0.25) is 0 Å². The van der Waals surface area contributed by atoms with E-state index in [0.717, 1.165) is 12.8 Å². The molecule has 0 spiro atoms. The van der Waals surface area contributed by atoms with E-state index in [2.05, 4.69) is 10.3 Å². The summed E-state index contributed by atoms with van der Waals surface area (Å²) in [5, 5.41) is 21.1. The predicted molar refractivity (Wildman–Crippen MR) is 66.7 cm³/mol. The lowest BCUT2D eigenvalue weighted by Gasteiger charge is -2.10. The molecule has 1 fully saturated rings. The van der Waals surface area contributed by atoms with Gasteiger partial charge in [0.05, 0.1) is 12.8 Å². The molecule has 0 radical (unpaired) electrons. The molecule has 1 aromatic rings. The third-order valence-corrected chi connectivity index (χ3v) is 3.10. The van der Waals surface area contributed by atoms with Crippen LogP contribution in [0.15, 0.2) is 24.5 Å². The topological polar surface area (TPSA) is 82.5 Å². The minimum Gasteiger partial charge on any atom is -0.506 e. The second kappa shape index (κ2) is 5.18. The Morgan fingerprint density at radius 1 is 1.50 bits per heavy atom.